The van der Waals surface area contributed by atoms with Crippen LogP contribution in [-0.2, 0) is 31.4 Å². The van der Waals surface area contributed by atoms with E-state index < -0.39 is 12.8 Å². The Hall–Kier alpha value is -1.67. The van der Waals surface area contributed by atoms with E-state index in [2.05, 4.69) is 121 Å². The molecular formula is C47H79O3P. The average molecular weight is 723 g/mol. The molecule has 0 aliphatic carbocycles. The van der Waals surface area contributed by atoms with Crippen LogP contribution >= 0.6 is 7.60 Å². The lowest BCUT2D eigenvalue weighted by molar-refractivity contribution is 0.344. The third-order valence-electron chi connectivity index (χ3n) is 10.9. The van der Waals surface area contributed by atoms with Gasteiger partial charge in [0.1, 0.15) is 5.16 Å². The summed E-state index contributed by atoms with van der Waals surface area (Å²) in [4.78, 5) is 23.8. The topological polar surface area (TPSA) is 57.5 Å². The first-order valence-corrected chi connectivity index (χ1v) is 22.1. The average Bonchev–Trinajstić information content (AvgIpc) is 2.99. The quantitative estimate of drug-likeness (QED) is 0.0862. The zero-order valence-electron chi connectivity index (χ0n) is 35.5. The van der Waals surface area contributed by atoms with E-state index in [4.69, 9.17) is 0 Å². The van der Waals surface area contributed by atoms with E-state index in [1.54, 1.807) is 0 Å². The van der Waals surface area contributed by atoms with Crippen LogP contribution in [0.3, 0.4) is 0 Å². The second-order valence-corrected chi connectivity index (χ2v) is 21.5. The van der Waals surface area contributed by atoms with Crippen molar-refractivity contribution in [2.45, 2.75) is 213 Å². The number of hydrogen-bond donors (Lipinski definition) is 2. The van der Waals surface area contributed by atoms with E-state index in [9.17, 15) is 14.4 Å². The third kappa shape index (κ3) is 12.4. The van der Waals surface area contributed by atoms with Crippen LogP contribution in [0.25, 0.3) is 0 Å². The van der Waals surface area contributed by atoms with Gasteiger partial charge in [-0.2, -0.15) is 0 Å². The van der Waals surface area contributed by atoms with E-state index in [1.165, 1.54) is 70.6 Å². The molecule has 0 unspecified atom stereocenters. The highest BCUT2D eigenvalue weighted by molar-refractivity contribution is 7.53. The van der Waals surface area contributed by atoms with Gasteiger partial charge in [0, 0.05) is 0 Å². The molecule has 4 heteroatoms. The molecule has 2 rings (SSSR count). The largest absolute Gasteiger partial charge is 0.344 e. The van der Waals surface area contributed by atoms with Crippen LogP contribution in [0.2, 0.25) is 0 Å². The molecule has 0 atom stereocenters. The fraction of sp³-hybridized carbons (Fsp3) is 0.702. The summed E-state index contributed by atoms with van der Waals surface area (Å²) >= 11 is 0. The molecule has 0 aromatic heterocycles. The van der Waals surface area contributed by atoms with Crippen LogP contribution in [0, 0.1) is 0 Å². The van der Waals surface area contributed by atoms with Crippen LogP contribution in [-0.4, -0.2) is 9.79 Å². The summed E-state index contributed by atoms with van der Waals surface area (Å²) in [7, 11) is -4.90. The van der Waals surface area contributed by atoms with Crippen molar-refractivity contribution >= 4 is 7.60 Å². The van der Waals surface area contributed by atoms with Crippen molar-refractivity contribution in [1.29, 1.82) is 0 Å². The first-order valence-electron chi connectivity index (χ1n) is 20.4. The van der Waals surface area contributed by atoms with Crippen molar-refractivity contribution < 1.29 is 14.4 Å². The number of allylic oxidation sites excluding steroid dienone is 1. The predicted molar refractivity (Wildman–Crippen MR) is 225 cm³/mol. The third-order valence-corrected chi connectivity index (χ3v) is 12.6. The lowest BCUT2D eigenvalue weighted by atomic mass is 9.68. The van der Waals surface area contributed by atoms with Crippen LogP contribution in [0.1, 0.15) is 220 Å². The van der Waals surface area contributed by atoms with Crippen LogP contribution in [0.4, 0.5) is 0 Å². The van der Waals surface area contributed by atoms with Crippen LogP contribution in [0.15, 0.2) is 48.6 Å². The summed E-state index contributed by atoms with van der Waals surface area (Å²) in [6.07, 6.45) is 18.3. The monoisotopic (exact) mass is 723 g/mol. The maximum atomic E-state index is 14.6. The fourth-order valence-electron chi connectivity index (χ4n) is 7.65. The Morgan fingerprint density at radius 1 is 0.510 bits per heavy atom. The highest BCUT2D eigenvalue weighted by atomic mass is 31.2. The maximum absolute atomic E-state index is 14.6. The van der Waals surface area contributed by atoms with Gasteiger partial charge in [-0.05, 0) is 67.9 Å². The smallest absolute Gasteiger partial charge is 0.323 e. The zero-order valence-corrected chi connectivity index (χ0v) is 36.4. The molecule has 51 heavy (non-hydrogen) atoms. The minimum Gasteiger partial charge on any atom is -0.323 e. The molecule has 0 fully saturated rings. The molecule has 0 spiro atoms. The van der Waals surface area contributed by atoms with Gasteiger partial charge in [0.25, 0.3) is 0 Å². The van der Waals surface area contributed by atoms with Crippen molar-refractivity contribution in [3.05, 3.63) is 81.9 Å². The van der Waals surface area contributed by atoms with Gasteiger partial charge in [0.2, 0.25) is 0 Å². The molecule has 0 saturated carbocycles. The molecule has 2 aromatic rings. The predicted octanol–water partition coefficient (Wildman–Crippen LogP) is 14.7. The lowest BCUT2D eigenvalue weighted by Gasteiger charge is -2.44. The Morgan fingerprint density at radius 2 is 0.824 bits per heavy atom. The standard InChI is InChI=1S/C47H79O3P/c1-15-16-17-18-19-20-21-22-23-24-25-26-27-28-29-36(2)47(51(48,49)50,39-32-30-37(43(3,4)5)34-41(39)45(9,10)11)40-33-31-38(44(6,7)8)35-42(40)46(12,13)14/h30-35H,2,15-29H2,1,3-14H3,(H2,48,49,50). The SMILES string of the molecule is C=C(CCCCCCCCCCCCCCCC)C(c1ccc(C(C)(C)C)cc1C(C)(C)C)(c1ccc(C(C)(C)C)cc1C(C)(C)C)P(=O)(O)O. The molecule has 0 bridgehead atoms. The molecular weight excluding hydrogens is 643 g/mol. The van der Waals surface area contributed by atoms with Gasteiger partial charge >= 0.3 is 7.60 Å². The van der Waals surface area contributed by atoms with Crippen LogP contribution in [0.5, 0.6) is 0 Å². The summed E-state index contributed by atoms with van der Waals surface area (Å²) in [6.45, 7) is 33.1. The van der Waals surface area contributed by atoms with Crippen molar-refractivity contribution in [3.63, 3.8) is 0 Å². The molecule has 0 radical (unpaired) electrons. The Morgan fingerprint density at radius 3 is 1.10 bits per heavy atom. The van der Waals surface area contributed by atoms with Crippen molar-refractivity contribution in [2.75, 3.05) is 0 Å². The van der Waals surface area contributed by atoms with Gasteiger partial charge in [-0.3, -0.25) is 4.57 Å². The second-order valence-electron chi connectivity index (χ2n) is 19.7. The Bertz CT molecular complexity index is 1360. The number of unbranched alkanes of at least 4 members (excludes halogenated alkanes) is 13. The molecule has 3 nitrogen and oxygen atoms in total. The zero-order chi connectivity index (χ0) is 38.9. The Kier molecular flexibility index (Phi) is 16.6. The first-order chi connectivity index (χ1) is 23.4. The number of rotatable bonds is 19. The summed E-state index contributed by atoms with van der Waals surface area (Å²) in [6, 6.07) is 12.7. The van der Waals surface area contributed by atoms with Gasteiger partial charge < -0.3 is 9.79 Å². The summed E-state index contributed by atoms with van der Waals surface area (Å²) < 4.78 is 14.6. The number of hydrogen-bond acceptors (Lipinski definition) is 1. The highest BCUT2D eigenvalue weighted by Gasteiger charge is 2.55. The van der Waals surface area contributed by atoms with Crippen molar-refractivity contribution in [2.24, 2.45) is 0 Å². The van der Waals surface area contributed by atoms with Gasteiger partial charge in [-0.1, -0.05) is 222 Å². The maximum Gasteiger partial charge on any atom is 0.344 e. The summed E-state index contributed by atoms with van der Waals surface area (Å²) in [5.41, 5.74) is 5.33. The minimum absolute atomic E-state index is 0.112. The molecule has 2 aromatic carbocycles. The molecule has 290 valence electrons. The Balaban J connectivity index is 2.54. The van der Waals surface area contributed by atoms with E-state index in [0.29, 0.717) is 23.1 Å². The molecule has 0 amide bonds. The molecule has 2 N–H and O–H groups in total. The highest BCUT2D eigenvalue weighted by Crippen LogP contribution is 2.67. The van der Waals surface area contributed by atoms with E-state index in [0.717, 1.165) is 41.5 Å². The minimum atomic E-state index is -4.90. The normalized spacial score (nSPS) is 13.5. The van der Waals surface area contributed by atoms with E-state index in [1.807, 2.05) is 12.1 Å². The number of benzene rings is 2. The summed E-state index contributed by atoms with van der Waals surface area (Å²) in [5.74, 6) is 0. The lowest BCUT2D eigenvalue weighted by Crippen LogP contribution is -2.36. The molecule has 0 aliphatic heterocycles. The van der Waals surface area contributed by atoms with Gasteiger partial charge in [-0.15, -0.1) is 0 Å². The molecule has 0 saturated heterocycles. The van der Waals surface area contributed by atoms with Gasteiger partial charge in [0.15, 0.2) is 0 Å². The van der Waals surface area contributed by atoms with Crippen molar-refractivity contribution in [3.8, 4) is 0 Å². The molecule has 0 heterocycles. The first kappa shape index (κ1) is 45.5. The van der Waals surface area contributed by atoms with Crippen molar-refractivity contribution in [1.82, 2.24) is 0 Å². The van der Waals surface area contributed by atoms with Gasteiger partial charge in [-0.25, -0.2) is 0 Å². The van der Waals surface area contributed by atoms with Crippen LogP contribution < -0.4 is 0 Å². The van der Waals surface area contributed by atoms with E-state index >= 15 is 0 Å². The second kappa shape index (κ2) is 18.6. The Labute approximate surface area is 316 Å². The van der Waals surface area contributed by atoms with E-state index in [-0.39, 0.29) is 21.7 Å². The molecule has 0 aliphatic rings. The fourth-order valence-corrected chi connectivity index (χ4v) is 9.19. The van der Waals surface area contributed by atoms with Gasteiger partial charge in [0.05, 0.1) is 0 Å². The summed E-state index contributed by atoms with van der Waals surface area (Å²) in [5, 5.41) is -1.68.